The van der Waals surface area contributed by atoms with Crippen molar-refractivity contribution in [1.29, 1.82) is 0 Å². The molecule has 0 aromatic heterocycles. The van der Waals surface area contributed by atoms with Gasteiger partial charge in [-0.15, -0.1) is 0 Å². The lowest BCUT2D eigenvalue weighted by molar-refractivity contribution is -0.123. The first-order valence-electron chi connectivity index (χ1n) is 10.7. The highest BCUT2D eigenvalue weighted by Crippen LogP contribution is 2.67. The van der Waals surface area contributed by atoms with E-state index in [0.29, 0.717) is 17.1 Å². The second-order valence-corrected chi connectivity index (χ2v) is 10.2. The Morgan fingerprint density at radius 1 is 1.20 bits per heavy atom. The monoisotopic (exact) mass is 344 g/mol. The maximum atomic E-state index is 12.4. The number of hydrogen-bond acceptors (Lipinski definition) is 2. The van der Waals surface area contributed by atoms with Crippen molar-refractivity contribution in [2.45, 2.75) is 85.2 Å². The van der Waals surface area contributed by atoms with Gasteiger partial charge in [-0.1, -0.05) is 26.3 Å². The summed E-state index contributed by atoms with van der Waals surface area (Å²) < 4.78 is 0. The van der Waals surface area contributed by atoms with Gasteiger partial charge in [0.1, 0.15) is 0 Å². The molecule has 0 amide bonds. The first-order chi connectivity index (χ1) is 11.8. The molecular weight excluding hydrogens is 308 g/mol. The van der Waals surface area contributed by atoms with Crippen LogP contribution in [0.15, 0.2) is 11.6 Å². The smallest absolute Gasteiger partial charge is 0.158 e. The zero-order chi connectivity index (χ0) is 18.0. The standard InChI is InChI=1S/C23H36O2/c1-5-15-13-23(4)16(12-21(15)25)6-7-17-19-9-8-18(14(2)24)22(19,3)11-10-20(17)23/h12,14-15,17-20,24H,5-11,13H2,1-4H3/t14?,15?,17-,18+,19-,20-,22+,23-/m0/s1. The molecule has 2 heteroatoms. The number of fused-ring (bicyclic) bond motifs is 5. The van der Waals surface area contributed by atoms with Crippen LogP contribution in [0.3, 0.4) is 0 Å². The molecule has 3 fully saturated rings. The Morgan fingerprint density at radius 3 is 2.64 bits per heavy atom. The van der Waals surface area contributed by atoms with E-state index in [2.05, 4.69) is 26.8 Å². The van der Waals surface area contributed by atoms with Crippen LogP contribution in [-0.4, -0.2) is 17.0 Å². The Kier molecular flexibility index (Phi) is 4.22. The quantitative estimate of drug-likeness (QED) is 0.752. The fourth-order valence-electron chi connectivity index (χ4n) is 7.93. The van der Waals surface area contributed by atoms with E-state index < -0.39 is 0 Å². The van der Waals surface area contributed by atoms with E-state index in [0.717, 1.165) is 37.0 Å². The average Bonchev–Trinajstić information content (AvgIpc) is 2.92. The van der Waals surface area contributed by atoms with Gasteiger partial charge >= 0.3 is 0 Å². The van der Waals surface area contributed by atoms with E-state index in [9.17, 15) is 9.90 Å². The molecule has 0 radical (unpaired) electrons. The van der Waals surface area contributed by atoms with Crippen LogP contribution in [0.2, 0.25) is 0 Å². The maximum Gasteiger partial charge on any atom is 0.158 e. The Labute approximate surface area is 153 Å². The van der Waals surface area contributed by atoms with Crippen molar-refractivity contribution in [3.05, 3.63) is 11.6 Å². The molecule has 4 aliphatic rings. The first-order valence-corrected chi connectivity index (χ1v) is 10.7. The van der Waals surface area contributed by atoms with Crippen LogP contribution >= 0.6 is 0 Å². The van der Waals surface area contributed by atoms with Crippen LogP contribution < -0.4 is 0 Å². The van der Waals surface area contributed by atoms with Crippen molar-refractivity contribution in [2.24, 2.45) is 40.4 Å². The van der Waals surface area contributed by atoms with Crippen molar-refractivity contribution in [3.63, 3.8) is 0 Å². The maximum absolute atomic E-state index is 12.4. The number of carbonyl (C=O) groups is 1. The molecule has 0 aromatic rings. The molecule has 0 aromatic carbocycles. The molecule has 140 valence electrons. The number of carbonyl (C=O) groups excluding carboxylic acids is 1. The highest BCUT2D eigenvalue weighted by Gasteiger charge is 2.60. The molecule has 3 saturated carbocycles. The molecule has 25 heavy (non-hydrogen) atoms. The van der Waals surface area contributed by atoms with Crippen molar-refractivity contribution in [1.82, 2.24) is 0 Å². The largest absolute Gasteiger partial charge is 0.393 e. The van der Waals surface area contributed by atoms with Gasteiger partial charge in [0.15, 0.2) is 5.78 Å². The molecule has 4 rings (SSSR count). The van der Waals surface area contributed by atoms with Gasteiger partial charge in [0.05, 0.1) is 6.10 Å². The van der Waals surface area contributed by atoms with E-state index in [1.165, 1.54) is 37.7 Å². The van der Waals surface area contributed by atoms with Crippen molar-refractivity contribution < 1.29 is 9.90 Å². The van der Waals surface area contributed by atoms with Gasteiger partial charge in [0, 0.05) is 5.92 Å². The number of hydrogen-bond donors (Lipinski definition) is 1. The molecule has 2 unspecified atom stereocenters. The van der Waals surface area contributed by atoms with Gasteiger partial charge in [-0.25, -0.2) is 0 Å². The lowest BCUT2D eigenvalue weighted by Gasteiger charge is -2.59. The van der Waals surface area contributed by atoms with Crippen LogP contribution in [0, 0.1) is 40.4 Å². The molecule has 1 N–H and O–H groups in total. The number of ketones is 1. The van der Waals surface area contributed by atoms with Gasteiger partial charge in [-0.05, 0) is 98.9 Å². The van der Waals surface area contributed by atoms with Gasteiger partial charge in [-0.3, -0.25) is 4.79 Å². The molecule has 0 spiro atoms. The Bertz CT molecular complexity index is 591. The fraction of sp³-hybridized carbons (Fsp3) is 0.870. The van der Waals surface area contributed by atoms with Crippen molar-refractivity contribution >= 4 is 5.78 Å². The summed E-state index contributed by atoms with van der Waals surface area (Å²) in [5.41, 5.74) is 2.06. The summed E-state index contributed by atoms with van der Waals surface area (Å²) in [7, 11) is 0. The molecule has 0 bridgehead atoms. The third-order valence-corrected chi connectivity index (χ3v) is 9.27. The predicted molar refractivity (Wildman–Crippen MR) is 101 cm³/mol. The number of rotatable bonds is 2. The number of aliphatic hydroxyl groups is 1. The van der Waals surface area contributed by atoms with Crippen LogP contribution in [-0.2, 0) is 4.79 Å². The summed E-state index contributed by atoms with van der Waals surface area (Å²) in [6.45, 7) is 9.14. The lowest BCUT2D eigenvalue weighted by Crippen LogP contribution is -2.52. The summed E-state index contributed by atoms with van der Waals surface area (Å²) >= 11 is 0. The van der Waals surface area contributed by atoms with Crippen LogP contribution in [0.4, 0.5) is 0 Å². The third-order valence-electron chi connectivity index (χ3n) is 9.27. The minimum absolute atomic E-state index is 0.169. The average molecular weight is 345 g/mol. The second kappa shape index (κ2) is 5.94. The summed E-state index contributed by atoms with van der Waals surface area (Å²) in [4.78, 5) is 12.4. The van der Waals surface area contributed by atoms with E-state index in [1.807, 2.05) is 6.92 Å². The zero-order valence-corrected chi connectivity index (χ0v) is 16.6. The predicted octanol–water partition coefficient (Wildman–Crippen LogP) is 5.15. The summed E-state index contributed by atoms with van der Waals surface area (Å²) in [5.74, 6) is 3.45. The number of aliphatic hydroxyl groups excluding tert-OH is 1. The lowest BCUT2D eigenvalue weighted by atomic mass is 9.46. The van der Waals surface area contributed by atoms with E-state index in [-0.39, 0.29) is 17.4 Å². The van der Waals surface area contributed by atoms with Crippen LogP contribution in [0.5, 0.6) is 0 Å². The van der Waals surface area contributed by atoms with Crippen molar-refractivity contribution in [2.75, 3.05) is 0 Å². The van der Waals surface area contributed by atoms with E-state index in [4.69, 9.17) is 0 Å². The molecule has 0 saturated heterocycles. The van der Waals surface area contributed by atoms with Gasteiger partial charge in [0.2, 0.25) is 0 Å². The second-order valence-electron chi connectivity index (χ2n) is 10.2. The topological polar surface area (TPSA) is 37.3 Å². The summed E-state index contributed by atoms with van der Waals surface area (Å²) in [6, 6.07) is 0. The van der Waals surface area contributed by atoms with Crippen LogP contribution in [0.25, 0.3) is 0 Å². The third kappa shape index (κ3) is 2.42. The van der Waals surface area contributed by atoms with Crippen molar-refractivity contribution in [3.8, 4) is 0 Å². The summed E-state index contributed by atoms with van der Waals surface area (Å²) in [6.07, 6.45) is 11.4. The van der Waals surface area contributed by atoms with Gasteiger partial charge < -0.3 is 5.11 Å². The molecule has 4 aliphatic carbocycles. The van der Waals surface area contributed by atoms with E-state index in [1.54, 1.807) is 0 Å². The SMILES string of the molecule is CCC1C[C@@]2(C)C(=CC1=O)CC[C@H]1[C@@H]3CC[C@H](C(C)O)[C@@]3(C)CC[C@@H]12. The van der Waals surface area contributed by atoms with Crippen LogP contribution in [0.1, 0.15) is 79.1 Å². The number of allylic oxidation sites excluding steroid dienone is 1. The minimum Gasteiger partial charge on any atom is -0.393 e. The highest BCUT2D eigenvalue weighted by molar-refractivity contribution is 5.93. The zero-order valence-electron chi connectivity index (χ0n) is 16.6. The normalized spacial score (nSPS) is 50.5. The first kappa shape index (κ1) is 17.8. The Morgan fingerprint density at radius 2 is 1.96 bits per heavy atom. The molecule has 0 heterocycles. The molecule has 8 atom stereocenters. The highest BCUT2D eigenvalue weighted by atomic mass is 16.3. The molecule has 2 nitrogen and oxygen atoms in total. The van der Waals surface area contributed by atoms with Gasteiger partial charge in [0.25, 0.3) is 0 Å². The molecular formula is C23H36O2. The fourth-order valence-corrected chi connectivity index (χ4v) is 7.93. The Balaban J connectivity index is 1.66. The molecule has 0 aliphatic heterocycles. The minimum atomic E-state index is -0.169. The Hall–Kier alpha value is -0.630. The van der Waals surface area contributed by atoms with Gasteiger partial charge in [-0.2, -0.15) is 0 Å². The van der Waals surface area contributed by atoms with E-state index >= 15 is 0 Å². The summed E-state index contributed by atoms with van der Waals surface area (Å²) in [5, 5.41) is 10.3.